The van der Waals surface area contributed by atoms with Crippen molar-refractivity contribution in [1.29, 1.82) is 0 Å². The molecule has 1 aromatic rings. The van der Waals surface area contributed by atoms with Crippen LogP contribution in [0.2, 0.25) is 0 Å². The summed E-state index contributed by atoms with van der Waals surface area (Å²) in [6, 6.07) is 6.78. The largest absolute Gasteiger partial charge is 0.497 e. The van der Waals surface area contributed by atoms with Gasteiger partial charge >= 0.3 is 0 Å². The molecule has 1 fully saturated rings. The SMILES string of the molecule is COc1ccc(C(=O)NCCNC(=O)CNC(=O)CC2CCCCC2)cc1. The summed E-state index contributed by atoms with van der Waals surface area (Å²) in [6.45, 7) is 0.587. The van der Waals surface area contributed by atoms with E-state index < -0.39 is 0 Å². The smallest absolute Gasteiger partial charge is 0.251 e. The molecule has 148 valence electrons. The van der Waals surface area contributed by atoms with Gasteiger partial charge in [-0.05, 0) is 43.0 Å². The molecule has 7 heteroatoms. The maximum atomic E-state index is 12.0. The van der Waals surface area contributed by atoms with Crippen molar-refractivity contribution in [3.05, 3.63) is 29.8 Å². The van der Waals surface area contributed by atoms with Crippen molar-refractivity contribution in [3.63, 3.8) is 0 Å². The van der Waals surface area contributed by atoms with E-state index in [0.29, 0.717) is 36.7 Å². The highest BCUT2D eigenvalue weighted by Gasteiger charge is 2.17. The Hall–Kier alpha value is -2.57. The fourth-order valence-electron chi connectivity index (χ4n) is 3.19. The van der Waals surface area contributed by atoms with Crippen LogP contribution < -0.4 is 20.7 Å². The molecule has 0 aliphatic heterocycles. The molecule has 1 aliphatic carbocycles. The van der Waals surface area contributed by atoms with Gasteiger partial charge in [0.05, 0.1) is 13.7 Å². The van der Waals surface area contributed by atoms with E-state index in [1.807, 2.05) is 0 Å². The highest BCUT2D eigenvalue weighted by molar-refractivity contribution is 5.94. The molecule has 1 aliphatic rings. The third-order valence-corrected chi connectivity index (χ3v) is 4.73. The third-order valence-electron chi connectivity index (χ3n) is 4.73. The number of ether oxygens (including phenoxy) is 1. The summed E-state index contributed by atoms with van der Waals surface area (Å²) >= 11 is 0. The molecular formula is C20H29N3O4. The minimum atomic E-state index is -0.259. The van der Waals surface area contributed by atoms with Gasteiger partial charge in [0.15, 0.2) is 0 Å². The van der Waals surface area contributed by atoms with Gasteiger partial charge < -0.3 is 20.7 Å². The molecule has 0 heterocycles. The molecule has 2 rings (SSSR count). The number of rotatable bonds is 9. The number of methoxy groups -OCH3 is 1. The van der Waals surface area contributed by atoms with Gasteiger partial charge in [0.25, 0.3) is 5.91 Å². The molecule has 27 heavy (non-hydrogen) atoms. The summed E-state index contributed by atoms with van der Waals surface area (Å²) in [6.07, 6.45) is 6.36. The van der Waals surface area contributed by atoms with E-state index in [1.54, 1.807) is 31.4 Å². The molecular weight excluding hydrogens is 346 g/mol. The van der Waals surface area contributed by atoms with Crippen LogP contribution in [0.5, 0.6) is 5.75 Å². The molecule has 1 aromatic carbocycles. The van der Waals surface area contributed by atoms with Gasteiger partial charge in [0, 0.05) is 25.1 Å². The lowest BCUT2D eigenvalue weighted by Gasteiger charge is -2.20. The van der Waals surface area contributed by atoms with Crippen molar-refractivity contribution in [1.82, 2.24) is 16.0 Å². The molecule has 3 N–H and O–H groups in total. The van der Waals surface area contributed by atoms with Crippen LogP contribution in [0, 0.1) is 5.92 Å². The zero-order valence-corrected chi connectivity index (χ0v) is 15.9. The predicted octanol–water partition coefficient (Wildman–Crippen LogP) is 1.63. The topological polar surface area (TPSA) is 96.5 Å². The van der Waals surface area contributed by atoms with Crippen LogP contribution in [0.15, 0.2) is 24.3 Å². The van der Waals surface area contributed by atoms with Crippen molar-refractivity contribution in [2.45, 2.75) is 38.5 Å². The van der Waals surface area contributed by atoms with Crippen LogP contribution in [0.25, 0.3) is 0 Å². The van der Waals surface area contributed by atoms with Crippen LogP contribution in [0.1, 0.15) is 48.9 Å². The van der Waals surface area contributed by atoms with E-state index >= 15 is 0 Å². The van der Waals surface area contributed by atoms with Gasteiger partial charge in [-0.1, -0.05) is 19.3 Å². The molecule has 1 saturated carbocycles. The summed E-state index contributed by atoms with van der Waals surface area (Å²) < 4.78 is 5.05. The molecule has 0 unspecified atom stereocenters. The molecule has 0 spiro atoms. The lowest BCUT2D eigenvalue weighted by atomic mass is 9.87. The highest BCUT2D eigenvalue weighted by Crippen LogP contribution is 2.25. The van der Waals surface area contributed by atoms with Gasteiger partial charge in [-0.2, -0.15) is 0 Å². The van der Waals surface area contributed by atoms with E-state index in [-0.39, 0.29) is 24.3 Å². The molecule has 7 nitrogen and oxygen atoms in total. The van der Waals surface area contributed by atoms with Gasteiger partial charge in [0.2, 0.25) is 11.8 Å². The number of carbonyl (C=O) groups is 3. The molecule has 0 atom stereocenters. The minimum absolute atomic E-state index is 0.0298. The predicted molar refractivity (Wildman–Crippen MR) is 103 cm³/mol. The van der Waals surface area contributed by atoms with Crippen molar-refractivity contribution in [3.8, 4) is 5.75 Å². The Morgan fingerprint density at radius 3 is 2.26 bits per heavy atom. The van der Waals surface area contributed by atoms with Gasteiger partial charge in [-0.25, -0.2) is 0 Å². The van der Waals surface area contributed by atoms with E-state index in [2.05, 4.69) is 16.0 Å². The first kappa shape index (κ1) is 20.7. The van der Waals surface area contributed by atoms with E-state index in [4.69, 9.17) is 4.74 Å². The Morgan fingerprint density at radius 1 is 0.926 bits per heavy atom. The Kier molecular flexibility index (Phi) is 8.61. The highest BCUT2D eigenvalue weighted by atomic mass is 16.5. The number of nitrogens with one attached hydrogen (secondary N) is 3. The number of carbonyl (C=O) groups excluding carboxylic acids is 3. The maximum Gasteiger partial charge on any atom is 0.251 e. The first-order valence-corrected chi connectivity index (χ1v) is 9.54. The summed E-state index contributed by atoms with van der Waals surface area (Å²) in [5, 5.41) is 8.07. The van der Waals surface area contributed by atoms with Crippen LogP contribution in [-0.2, 0) is 9.59 Å². The van der Waals surface area contributed by atoms with Crippen LogP contribution in [-0.4, -0.2) is 44.5 Å². The molecule has 0 bridgehead atoms. The minimum Gasteiger partial charge on any atom is -0.497 e. The van der Waals surface area contributed by atoms with Crippen LogP contribution in [0.3, 0.4) is 0 Å². The zero-order valence-electron chi connectivity index (χ0n) is 15.9. The molecule has 3 amide bonds. The third kappa shape index (κ3) is 7.68. The summed E-state index contributed by atoms with van der Waals surface area (Å²) in [7, 11) is 1.57. The summed E-state index contributed by atoms with van der Waals surface area (Å²) in [4.78, 5) is 35.6. The Balaban J connectivity index is 1.55. The van der Waals surface area contributed by atoms with E-state index in [1.165, 1.54) is 19.3 Å². The number of hydrogen-bond donors (Lipinski definition) is 3. The van der Waals surface area contributed by atoms with Crippen molar-refractivity contribution >= 4 is 17.7 Å². The second-order valence-corrected chi connectivity index (χ2v) is 6.82. The van der Waals surface area contributed by atoms with Gasteiger partial charge in [-0.15, -0.1) is 0 Å². The Morgan fingerprint density at radius 2 is 1.59 bits per heavy atom. The van der Waals surface area contributed by atoms with E-state index in [0.717, 1.165) is 12.8 Å². The lowest BCUT2D eigenvalue weighted by Crippen LogP contribution is -2.40. The first-order valence-electron chi connectivity index (χ1n) is 9.54. The molecule has 0 aromatic heterocycles. The second kappa shape index (κ2) is 11.2. The Labute approximate surface area is 160 Å². The fourth-order valence-corrected chi connectivity index (χ4v) is 3.19. The van der Waals surface area contributed by atoms with Crippen LogP contribution in [0.4, 0.5) is 0 Å². The quantitative estimate of drug-likeness (QED) is 0.572. The summed E-state index contributed by atoms with van der Waals surface area (Å²) in [5.74, 6) is 0.600. The number of hydrogen-bond acceptors (Lipinski definition) is 4. The average Bonchev–Trinajstić information content (AvgIpc) is 2.70. The number of benzene rings is 1. The van der Waals surface area contributed by atoms with Gasteiger partial charge in [-0.3, -0.25) is 14.4 Å². The van der Waals surface area contributed by atoms with Crippen LogP contribution >= 0.6 is 0 Å². The Bertz CT molecular complexity index is 625. The van der Waals surface area contributed by atoms with Gasteiger partial charge in [0.1, 0.15) is 5.75 Å². The maximum absolute atomic E-state index is 12.0. The zero-order chi connectivity index (χ0) is 19.5. The first-order chi connectivity index (χ1) is 13.1. The fraction of sp³-hybridized carbons (Fsp3) is 0.550. The number of amides is 3. The molecule has 0 saturated heterocycles. The standard InChI is InChI=1S/C20H29N3O4/c1-27-17-9-7-16(8-10-17)20(26)22-12-11-21-19(25)14-23-18(24)13-15-5-3-2-4-6-15/h7-10,15H,2-6,11-14H2,1H3,(H,21,25)(H,22,26)(H,23,24). The summed E-state index contributed by atoms with van der Waals surface area (Å²) in [5.41, 5.74) is 0.525. The van der Waals surface area contributed by atoms with Crippen molar-refractivity contribution in [2.24, 2.45) is 5.92 Å². The van der Waals surface area contributed by atoms with Crippen molar-refractivity contribution in [2.75, 3.05) is 26.7 Å². The lowest BCUT2D eigenvalue weighted by molar-refractivity contribution is -0.126. The second-order valence-electron chi connectivity index (χ2n) is 6.82. The molecule has 0 radical (unpaired) electrons. The average molecular weight is 375 g/mol. The normalized spacial score (nSPS) is 14.3. The monoisotopic (exact) mass is 375 g/mol. The van der Waals surface area contributed by atoms with Crippen molar-refractivity contribution < 1.29 is 19.1 Å². The van der Waals surface area contributed by atoms with E-state index in [9.17, 15) is 14.4 Å².